The molecule has 2 aliphatic rings. The molecule has 0 unspecified atom stereocenters. The van der Waals surface area contributed by atoms with E-state index in [1.165, 1.54) is 11.0 Å². The molecule has 2 aromatic rings. The quantitative estimate of drug-likeness (QED) is 0.630. The normalized spacial score (nSPS) is 20.9. The molecule has 1 N–H and O–H groups in total. The number of hydrogen-bond donors (Lipinski definition) is 1. The van der Waals surface area contributed by atoms with E-state index < -0.39 is 23.7 Å². The Kier molecular flexibility index (Phi) is 7.80. The van der Waals surface area contributed by atoms with Crippen LogP contribution in [0.4, 0.5) is 13.2 Å². The molecule has 0 radical (unpaired) electrons. The van der Waals surface area contributed by atoms with Gasteiger partial charge in [-0.15, -0.1) is 0 Å². The minimum Gasteiger partial charge on any atom is -0.496 e. The molecule has 2 fully saturated rings. The Balaban J connectivity index is 1.62. The van der Waals surface area contributed by atoms with Crippen LogP contribution in [0.15, 0.2) is 42.5 Å². The van der Waals surface area contributed by atoms with Crippen LogP contribution < -0.4 is 10.1 Å². The molecule has 0 aliphatic carbocycles. The number of hydrogen-bond acceptors (Lipinski definition) is 4. The van der Waals surface area contributed by atoms with Gasteiger partial charge in [0.25, 0.3) is 5.91 Å². The fourth-order valence-electron chi connectivity index (χ4n) is 5.14. The van der Waals surface area contributed by atoms with Crippen LogP contribution in [-0.4, -0.2) is 68.0 Å². The lowest BCUT2D eigenvalue weighted by Gasteiger charge is -2.30. The van der Waals surface area contributed by atoms with Crippen LogP contribution in [0.1, 0.15) is 40.2 Å². The highest BCUT2D eigenvalue weighted by Gasteiger charge is 2.42. The van der Waals surface area contributed by atoms with E-state index >= 15 is 0 Å². The summed E-state index contributed by atoms with van der Waals surface area (Å²) in [6.07, 6.45) is -3.16. The molecule has 194 valence electrons. The number of carbonyl (C=O) groups excluding carboxylic acids is 2. The number of halogens is 4. The van der Waals surface area contributed by atoms with Gasteiger partial charge in [-0.25, -0.2) is 0 Å². The summed E-state index contributed by atoms with van der Waals surface area (Å²) in [7, 11) is 2.73. The second-order valence-corrected chi connectivity index (χ2v) is 9.76. The van der Waals surface area contributed by atoms with Gasteiger partial charge in [0.1, 0.15) is 5.75 Å². The number of ether oxygens (including phenoxy) is 1. The zero-order valence-electron chi connectivity index (χ0n) is 20.1. The highest BCUT2D eigenvalue weighted by molar-refractivity contribution is 6.30. The van der Waals surface area contributed by atoms with E-state index in [2.05, 4.69) is 5.32 Å². The van der Waals surface area contributed by atoms with Crippen LogP contribution in [0.5, 0.6) is 5.75 Å². The molecule has 0 bridgehead atoms. The number of rotatable bonds is 5. The molecule has 2 aliphatic heterocycles. The van der Waals surface area contributed by atoms with E-state index in [4.69, 9.17) is 16.3 Å². The van der Waals surface area contributed by atoms with Gasteiger partial charge in [-0.1, -0.05) is 23.7 Å². The van der Waals surface area contributed by atoms with Crippen molar-refractivity contribution in [3.05, 3.63) is 64.2 Å². The van der Waals surface area contributed by atoms with Crippen molar-refractivity contribution >= 4 is 23.4 Å². The molecule has 0 saturated carbocycles. The maximum absolute atomic E-state index is 13.5. The average Bonchev–Trinajstić information content (AvgIpc) is 3.33. The van der Waals surface area contributed by atoms with E-state index in [0.717, 1.165) is 50.7 Å². The highest BCUT2D eigenvalue weighted by atomic mass is 35.5. The summed E-state index contributed by atoms with van der Waals surface area (Å²) in [4.78, 5) is 30.0. The number of likely N-dealkylation sites (tertiary alicyclic amines) is 1. The van der Waals surface area contributed by atoms with Crippen molar-refractivity contribution in [2.45, 2.75) is 31.0 Å². The minimum absolute atomic E-state index is 0.0580. The van der Waals surface area contributed by atoms with E-state index in [1.54, 1.807) is 24.1 Å². The van der Waals surface area contributed by atoms with Crippen LogP contribution in [0.2, 0.25) is 5.02 Å². The Morgan fingerprint density at radius 1 is 1.08 bits per heavy atom. The lowest BCUT2D eigenvalue weighted by Crippen LogP contribution is -2.43. The Bertz CT molecular complexity index is 1100. The number of nitrogens with zero attached hydrogens (tertiary/aromatic N) is 2. The Morgan fingerprint density at radius 2 is 1.75 bits per heavy atom. The van der Waals surface area contributed by atoms with Gasteiger partial charge in [0.2, 0.25) is 5.91 Å². The summed E-state index contributed by atoms with van der Waals surface area (Å²) in [5.74, 6) is -1.12. The number of carbonyl (C=O) groups is 2. The first-order valence-corrected chi connectivity index (χ1v) is 12.2. The summed E-state index contributed by atoms with van der Waals surface area (Å²) in [5.41, 5.74) is -0.188. The van der Waals surface area contributed by atoms with Gasteiger partial charge in [0.15, 0.2) is 0 Å². The van der Waals surface area contributed by atoms with Gasteiger partial charge in [0, 0.05) is 42.6 Å². The van der Waals surface area contributed by atoms with Gasteiger partial charge >= 0.3 is 6.18 Å². The zero-order chi connectivity index (χ0) is 26.0. The third-order valence-electron chi connectivity index (χ3n) is 7.16. The molecule has 2 atom stereocenters. The minimum atomic E-state index is -4.67. The molecule has 2 aromatic carbocycles. The van der Waals surface area contributed by atoms with Crippen molar-refractivity contribution in [3.8, 4) is 5.75 Å². The second-order valence-electron chi connectivity index (χ2n) is 9.32. The molecule has 4 rings (SSSR count). The zero-order valence-corrected chi connectivity index (χ0v) is 20.9. The Labute approximate surface area is 213 Å². The van der Waals surface area contributed by atoms with Crippen molar-refractivity contribution < 1.29 is 27.5 Å². The standard InChI is InChI=1S/C26H29ClF3N3O3/c1-32(24(34)18-5-8-23(36-2)21(13-18)26(28,29)30)22-15-33(25(35)17-9-11-31-12-10-17)14-20(22)16-3-6-19(27)7-4-16/h3-8,13,17,20,22,31H,9-12,14-15H2,1-2H3/t20-,22+/m1/s1. The summed E-state index contributed by atoms with van der Waals surface area (Å²) >= 11 is 6.07. The van der Waals surface area contributed by atoms with Gasteiger partial charge in [-0.2, -0.15) is 13.2 Å². The SMILES string of the molecule is COc1ccc(C(=O)N(C)[C@H]2CN(C(=O)C3CCNCC3)C[C@@H]2c2ccc(Cl)cc2)cc1C(F)(F)F. The van der Waals surface area contributed by atoms with Gasteiger partial charge in [-0.05, 0) is 61.8 Å². The van der Waals surface area contributed by atoms with E-state index in [-0.39, 0.29) is 29.1 Å². The molecular formula is C26H29ClF3N3O3. The molecule has 2 heterocycles. The van der Waals surface area contributed by atoms with Crippen LogP contribution in [0.3, 0.4) is 0 Å². The van der Waals surface area contributed by atoms with E-state index in [0.29, 0.717) is 18.1 Å². The number of amides is 2. The maximum atomic E-state index is 13.5. The molecule has 2 saturated heterocycles. The summed E-state index contributed by atoms with van der Waals surface area (Å²) in [6.45, 7) is 2.29. The van der Waals surface area contributed by atoms with Crippen LogP contribution in [0.25, 0.3) is 0 Å². The van der Waals surface area contributed by atoms with Gasteiger partial charge in [-0.3, -0.25) is 9.59 Å². The first-order chi connectivity index (χ1) is 17.1. The van der Waals surface area contributed by atoms with Crippen molar-refractivity contribution in [2.24, 2.45) is 5.92 Å². The number of likely N-dealkylation sites (N-methyl/N-ethyl adjacent to an activating group) is 1. The first kappa shape index (κ1) is 26.3. The fourth-order valence-corrected chi connectivity index (χ4v) is 5.27. The summed E-state index contributed by atoms with van der Waals surface area (Å²) in [6, 6.07) is 10.1. The maximum Gasteiger partial charge on any atom is 0.419 e. The molecular weight excluding hydrogens is 495 g/mol. The molecule has 10 heteroatoms. The van der Waals surface area contributed by atoms with Gasteiger partial charge < -0.3 is 19.9 Å². The molecule has 2 amide bonds. The van der Waals surface area contributed by atoms with E-state index in [1.807, 2.05) is 12.1 Å². The molecule has 36 heavy (non-hydrogen) atoms. The van der Waals surface area contributed by atoms with Crippen LogP contribution in [0, 0.1) is 5.92 Å². The fraction of sp³-hybridized carbons (Fsp3) is 0.462. The number of methoxy groups -OCH3 is 1. The highest BCUT2D eigenvalue weighted by Crippen LogP contribution is 2.38. The first-order valence-electron chi connectivity index (χ1n) is 11.9. The largest absolute Gasteiger partial charge is 0.496 e. The second kappa shape index (κ2) is 10.7. The third-order valence-corrected chi connectivity index (χ3v) is 7.41. The van der Waals surface area contributed by atoms with Crippen molar-refractivity contribution in [1.82, 2.24) is 15.1 Å². The third kappa shape index (κ3) is 5.47. The lowest BCUT2D eigenvalue weighted by atomic mass is 9.93. The number of benzene rings is 2. The molecule has 0 spiro atoms. The Hall–Kier alpha value is -2.78. The molecule has 6 nitrogen and oxygen atoms in total. The number of alkyl halides is 3. The van der Waals surface area contributed by atoms with Crippen molar-refractivity contribution in [1.29, 1.82) is 0 Å². The predicted molar refractivity (Wildman–Crippen MR) is 130 cm³/mol. The average molecular weight is 524 g/mol. The van der Waals surface area contributed by atoms with Crippen LogP contribution in [-0.2, 0) is 11.0 Å². The summed E-state index contributed by atoms with van der Waals surface area (Å²) < 4.78 is 45.5. The van der Waals surface area contributed by atoms with Crippen molar-refractivity contribution in [2.75, 3.05) is 40.3 Å². The van der Waals surface area contributed by atoms with Crippen molar-refractivity contribution in [3.63, 3.8) is 0 Å². The smallest absolute Gasteiger partial charge is 0.419 e. The summed E-state index contributed by atoms with van der Waals surface area (Å²) in [5, 5.41) is 3.83. The number of nitrogens with one attached hydrogen (secondary N) is 1. The Morgan fingerprint density at radius 3 is 2.36 bits per heavy atom. The number of piperidine rings is 1. The predicted octanol–water partition coefficient (Wildman–Crippen LogP) is 4.43. The van der Waals surface area contributed by atoms with E-state index in [9.17, 15) is 22.8 Å². The topological polar surface area (TPSA) is 61.9 Å². The monoisotopic (exact) mass is 523 g/mol. The lowest BCUT2D eigenvalue weighted by molar-refractivity contribution is -0.139. The molecule has 0 aromatic heterocycles. The van der Waals surface area contributed by atoms with Gasteiger partial charge in [0.05, 0.1) is 18.7 Å². The van der Waals surface area contributed by atoms with Crippen LogP contribution >= 0.6 is 11.6 Å².